The second-order valence-electron chi connectivity index (χ2n) is 3.66. The summed E-state index contributed by atoms with van der Waals surface area (Å²) < 4.78 is 5.50. The molecule has 0 spiro atoms. The topological polar surface area (TPSA) is 29.5 Å². The first-order valence-electron chi connectivity index (χ1n) is 5.08. The summed E-state index contributed by atoms with van der Waals surface area (Å²) in [6.07, 6.45) is 0.574. The Kier molecular flexibility index (Phi) is 3.96. The van der Waals surface area contributed by atoms with Crippen LogP contribution in [-0.4, -0.2) is 11.2 Å². The Morgan fingerprint density at radius 2 is 1.79 bits per heavy atom. The SMILES string of the molecule is CC[C@H](O)c1ccc(OC(C)C)cc1. The van der Waals surface area contributed by atoms with Crippen LogP contribution in [0, 0.1) is 0 Å². The van der Waals surface area contributed by atoms with Crippen LogP contribution in [0.4, 0.5) is 0 Å². The van der Waals surface area contributed by atoms with E-state index in [9.17, 15) is 5.11 Å². The van der Waals surface area contributed by atoms with Gasteiger partial charge in [-0.3, -0.25) is 0 Å². The zero-order valence-corrected chi connectivity index (χ0v) is 9.03. The number of aliphatic hydroxyl groups is 1. The van der Waals surface area contributed by atoms with Gasteiger partial charge < -0.3 is 9.84 Å². The molecule has 1 N–H and O–H groups in total. The third-order valence-corrected chi connectivity index (χ3v) is 2.02. The molecule has 0 aliphatic carbocycles. The van der Waals surface area contributed by atoms with Crippen LogP contribution in [0.5, 0.6) is 5.75 Å². The quantitative estimate of drug-likeness (QED) is 0.798. The van der Waals surface area contributed by atoms with Crippen molar-refractivity contribution in [2.45, 2.75) is 39.4 Å². The van der Waals surface area contributed by atoms with Crippen LogP contribution < -0.4 is 4.74 Å². The maximum absolute atomic E-state index is 9.56. The van der Waals surface area contributed by atoms with E-state index in [1.807, 2.05) is 45.0 Å². The van der Waals surface area contributed by atoms with Crippen LogP contribution in [0.15, 0.2) is 24.3 Å². The maximum atomic E-state index is 9.56. The molecule has 0 saturated carbocycles. The molecule has 0 aromatic heterocycles. The average Bonchev–Trinajstić information content (AvgIpc) is 2.17. The van der Waals surface area contributed by atoms with Gasteiger partial charge in [-0.1, -0.05) is 19.1 Å². The molecule has 1 rings (SSSR count). The first kappa shape index (κ1) is 11.1. The van der Waals surface area contributed by atoms with Crippen LogP contribution in [-0.2, 0) is 0 Å². The van der Waals surface area contributed by atoms with Crippen molar-refractivity contribution < 1.29 is 9.84 Å². The molecule has 0 radical (unpaired) electrons. The van der Waals surface area contributed by atoms with Gasteiger partial charge in [0.15, 0.2) is 0 Å². The predicted octanol–water partition coefficient (Wildman–Crippen LogP) is 2.92. The highest BCUT2D eigenvalue weighted by molar-refractivity contribution is 5.28. The minimum atomic E-state index is -0.358. The van der Waals surface area contributed by atoms with Gasteiger partial charge in [0.25, 0.3) is 0 Å². The molecule has 0 aliphatic heterocycles. The van der Waals surface area contributed by atoms with Gasteiger partial charge in [0.2, 0.25) is 0 Å². The van der Waals surface area contributed by atoms with Gasteiger partial charge in [-0.25, -0.2) is 0 Å². The van der Waals surface area contributed by atoms with Crippen molar-refractivity contribution >= 4 is 0 Å². The van der Waals surface area contributed by atoms with Gasteiger partial charge in [-0.05, 0) is 38.0 Å². The van der Waals surface area contributed by atoms with Crippen molar-refractivity contribution in [1.29, 1.82) is 0 Å². The number of rotatable bonds is 4. The summed E-state index contributed by atoms with van der Waals surface area (Å²) in [4.78, 5) is 0. The number of hydrogen-bond acceptors (Lipinski definition) is 2. The normalized spacial score (nSPS) is 12.9. The predicted molar refractivity (Wildman–Crippen MR) is 57.5 cm³/mol. The van der Waals surface area contributed by atoms with E-state index in [4.69, 9.17) is 4.74 Å². The lowest BCUT2D eigenvalue weighted by molar-refractivity contribution is 0.173. The fraction of sp³-hybridized carbons (Fsp3) is 0.500. The van der Waals surface area contributed by atoms with Gasteiger partial charge in [0.05, 0.1) is 12.2 Å². The van der Waals surface area contributed by atoms with E-state index < -0.39 is 0 Å². The first-order valence-corrected chi connectivity index (χ1v) is 5.08. The zero-order chi connectivity index (χ0) is 10.6. The molecule has 2 nitrogen and oxygen atoms in total. The Labute approximate surface area is 85.5 Å². The molecular weight excluding hydrogens is 176 g/mol. The van der Waals surface area contributed by atoms with Gasteiger partial charge in [0, 0.05) is 0 Å². The highest BCUT2D eigenvalue weighted by Gasteiger charge is 2.04. The minimum Gasteiger partial charge on any atom is -0.491 e. The molecule has 0 unspecified atom stereocenters. The molecule has 14 heavy (non-hydrogen) atoms. The standard InChI is InChI=1S/C12H18O2/c1-4-12(13)10-5-7-11(8-6-10)14-9(2)3/h5-9,12-13H,4H2,1-3H3/t12-/m0/s1. The molecule has 0 heterocycles. The van der Waals surface area contributed by atoms with E-state index in [1.165, 1.54) is 0 Å². The van der Waals surface area contributed by atoms with Crippen molar-refractivity contribution in [3.63, 3.8) is 0 Å². The van der Waals surface area contributed by atoms with Gasteiger partial charge in [-0.15, -0.1) is 0 Å². The van der Waals surface area contributed by atoms with Crippen molar-refractivity contribution in [3.8, 4) is 5.75 Å². The minimum absolute atomic E-state index is 0.192. The van der Waals surface area contributed by atoms with E-state index in [0.29, 0.717) is 0 Å². The van der Waals surface area contributed by atoms with E-state index in [0.717, 1.165) is 17.7 Å². The van der Waals surface area contributed by atoms with E-state index in [2.05, 4.69) is 0 Å². The third-order valence-electron chi connectivity index (χ3n) is 2.02. The second-order valence-corrected chi connectivity index (χ2v) is 3.66. The third kappa shape index (κ3) is 3.04. The van der Waals surface area contributed by atoms with Crippen LogP contribution in [0.1, 0.15) is 38.9 Å². The molecular formula is C12H18O2. The number of hydrogen-bond donors (Lipinski definition) is 1. The summed E-state index contributed by atoms with van der Waals surface area (Å²) in [5.74, 6) is 0.854. The first-order chi connectivity index (χ1) is 6.63. The van der Waals surface area contributed by atoms with Crippen molar-refractivity contribution in [3.05, 3.63) is 29.8 Å². The molecule has 2 heteroatoms. The summed E-state index contributed by atoms with van der Waals surface area (Å²) >= 11 is 0. The van der Waals surface area contributed by atoms with Crippen LogP contribution in [0.3, 0.4) is 0 Å². The van der Waals surface area contributed by atoms with Gasteiger partial charge in [-0.2, -0.15) is 0 Å². The number of aliphatic hydroxyl groups excluding tert-OH is 1. The fourth-order valence-electron chi connectivity index (χ4n) is 1.28. The summed E-state index contributed by atoms with van der Waals surface area (Å²) in [6, 6.07) is 7.61. The lowest BCUT2D eigenvalue weighted by Gasteiger charge is -2.11. The Morgan fingerprint density at radius 1 is 1.21 bits per heavy atom. The zero-order valence-electron chi connectivity index (χ0n) is 9.03. The molecule has 78 valence electrons. The number of benzene rings is 1. The summed E-state index contributed by atoms with van der Waals surface area (Å²) in [5, 5.41) is 9.56. The summed E-state index contributed by atoms with van der Waals surface area (Å²) in [6.45, 7) is 5.95. The number of ether oxygens (including phenoxy) is 1. The molecule has 1 atom stereocenters. The molecule has 1 aromatic carbocycles. The Bertz CT molecular complexity index is 264. The summed E-state index contributed by atoms with van der Waals surface area (Å²) in [7, 11) is 0. The van der Waals surface area contributed by atoms with Crippen molar-refractivity contribution in [2.24, 2.45) is 0 Å². The monoisotopic (exact) mass is 194 g/mol. The second kappa shape index (κ2) is 5.01. The van der Waals surface area contributed by atoms with Crippen molar-refractivity contribution in [1.82, 2.24) is 0 Å². The van der Waals surface area contributed by atoms with Crippen LogP contribution in [0.25, 0.3) is 0 Å². The largest absolute Gasteiger partial charge is 0.491 e. The van der Waals surface area contributed by atoms with E-state index >= 15 is 0 Å². The smallest absolute Gasteiger partial charge is 0.119 e. The fourth-order valence-corrected chi connectivity index (χ4v) is 1.28. The average molecular weight is 194 g/mol. The van der Waals surface area contributed by atoms with E-state index in [1.54, 1.807) is 0 Å². The van der Waals surface area contributed by atoms with Crippen molar-refractivity contribution in [2.75, 3.05) is 0 Å². The highest BCUT2D eigenvalue weighted by Crippen LogP contribution is 2.20. The summed E-state index contributed by atoms with van der Waals surface area (Å²) in [5.41, 5.74) is 0.948. The maximum Gasteiger partial charge on any atom is 0.119 e. The van der Waals surface area contributed by atoms with Crippen LogP contribution >= 0.6 is 0 Å². The molecule has 0 bridgehead atoms. The lowest BCUT2D eigenvalue weighted by Crippen LogP contribution is -2.05. The molecule has 0 amide bonds. The Balaban J connectivity index is 2.68. The lowest BCUT2D eigenvalue weighted by atomic mass is 10.1. The highest BCUT2D eigenvalue weighted by atomic mass is 16.5. The van der Waals surface area contributed by atoms with Gasteiger partial charge >= 0.3 is 0 Å². The Hall–Kier alpha value is -1.02. The molecule has 0 saturated heterocycles. The van der Waals surface area contributed by atoms with Gasteiger partial charge in [0.1, 0.15) is 5.75 Å². The van der Waals surface area contributed by atoms with Crippen LogP contribution in [0.2, 0.25) is 0 Å². The Morgan fingerprint density at radius 3 is 2.21 bits per heavy atom. The molecule has 0 aliphatic rings. The molecule has 1 aromatic rings. The molecule has 0 fully saturated rings. The van der Waals surface area contributed by atoms with E-state index in [-0.39, 0.29) is 12.2 Å².